The van der Waals surface area contributed by atoms with Crippen LogP contribution in [0, 0.1) is 12.7 Å². The first-order chi connectivity index (χ1) is 15.0. The minimum atomic E-state index is -0.761. The van der Waals surface area contributed by atoms with E-state index in [0.717, 1.165) is 16.7 Å². The lowest BCUT2D eigenvalue weighted by molar-refractivity contribution is -0.140. The molecule has 0 saturated heterocycles. The number of hydrogen-bond acceptors (Lipinski definition) is 2. The van der Waals surface area contributed by atoms with E-state index in [1.54, 1.807) is 25.2 Å². The molecule has 3 aromatic carbocycles. The molecule has 0 heterocycles. The second-order valence-electron chi connectivity index (χ2n) is 7.54. The molecular weight excluding hydrogens is 391 g/mol. The summed E-state index contributed by atoms with van der Waals surface area (Å²) in [6, 6.07) is 22.8. The molecule has 31 heavy (non-hydrogen) atoms. The molecule has 0 radical (unpaired) electrons. The molecule has 0 saturated carbocycles. The summed E-state index contributed by atoms with van der Waals surface area (Å²) in [6.45, 7) is 1.96. The van der Waals surface area contributed by atoms with Gasteiger partial charge in [0.1, 0.15) is 11.9 Å². The van der Waals surface area contributed by atoms with Crippen LogP contribution in [-0.2, 0) is 29.0 Å². The Morgan fingerprint density at radius 3 is 2.16 bits per heavy atom. The molecule has 160 valence electrons. The summed E-state index contributed by atoms with van der Waals surface area (Å²) in [7, 11) is 1.55. The van der Waals surface area contributed by atoms with Crippen LogP contribution in [0.4, 0.5) is 4.39 Å². The molecule has 5 heteroatoms. The first-order valence-corrected chi connectivity index (χ1v) is 10.3. The largest absolute Gasteiger partial charge is 0.357 e. The Labute approximate surface area is 182 Å². The highest BCUT2D eigenvalue weighted by Gasteiger charge is 2.30. The van der Waals surface area contributed by atoms with Crippen LogP contribution >= 0.6 is 0 Å². The lowest BCUT2D eigenvalue weighted by Gasteiger charge is -2.31. The molecule has 0 spiro atoms. The molecule has 0 unspecified atom stereocenters. The van der Waals surface area contributed by atoms with Gasteiger partial charge >= 0.3 is 0 Å². The van der Waals surface area contributed by atoms with Crippen LogP contribution in [0.1, 0.15) is 22.3 Å². The van der Waals surface area contributed by atoms with E-state index < -0.39 is 11.9 Å². The summed E-state index contributed by atoms with van der Waals surface area (Å²) in [5.41, 5.74) is 3.20. The number of rotatable bonds is 8. The zero-order chi connectivity index (χ0) is 22.2. The zero-order valence-corrected chi connectivity index (χ0v) is 17.8. The van der Waals surface area contributed by atoms with Crippen molar-refractivity contribution in [3.05, 3.63) is 107 Å². The molecule has 0 aliphatic heterocycles. The van der Waals surface area contributed by atoms with E-state index in [1.165, 1.54) is 11.0 Å². The Bertz CT molecular complexity index is 1040. The fourth-order valence-electron chi connectivity index (χ4n) is 3.60. The first-order valence-electron chi connectivity index (χ1n) is 10.3. The van der Waals surface area contributed by atoms with E-state index in [-0.39, 0.29) is 24.8 Å². The van der Waals surface area contributed by atoms with Gasteiger partial charge in [-0.05, 0) is 29.7 Å². The predicted molar refractivity (Wildman–Crippen MR) is 120 cm³/mol. The van der Waals surface area contributed by atoms with Crippen LogP contribution in [0.3, 0.4) is 0 Å². The summed E-state index contributed by atoms with van der Waals surface area (Å²) in [5.74, 6) is -0.896. The van der Waals surface area contributed by atoms with Crippen LogP contribution in [0.2, 0.25) is 0 Å². The van der Waals surface area contributed by atoms with E-state index in [2.05, 4.69) is 5.32 Å². The second kappa shape index (κ2) is 10.5. The lowest BCUT2D eigenvalue weighted by atomic mass is 10.0. The van der Waals surface area contributed by atoms with Crippen molar-refractivity contribution in [3.63, 3.8) is 0 Å². The smallest absolute Gasteiger partial charge is 0.242 e. The van der Waals surface area contributed by atoms with E-state index in [9.17, 15) is 14.0 Å². The highest BCUT2D eigenvalue weighted by atomic mass is 19.1. The van der Waals surface area contributed by atoms with Crippen LogP contribution in [0.15, 0.2) is 78.9 Å². The monoisotopic (exact) mass is 418 g/mol. The number of carbonyl (C=O) groups excluding carboxylic acids is 2. The van der Waals surface area contributed by atoms with Gasteiger partial charge in [-0.3, -0.25) is 9.59 Å². The van der Waals surface area contributed by atoms with Crippen LogP contribution in [0.25, 0.3) is 0 Å². The quantitative estimate of drug-likeness (QED) is 0.600. The van der Waals surface area contributed by atoms with Gasteiger partial charge in [-0.1, -0.05) is 72.8 Å². The third-order valence-electron chi connectivity index (χ3n) is 5.42. The molecule has 4 nitrogen and oxygen atoms in total. The van der Waals surface area contributed by atoms with Crippen LogP contribution in [0.5, 0.6) is 0 Å². The Balaban J connectivity index is 1.97. The van der Waals surface area contributed by atoms with Gasteiger partial charge < -0.3 is 10.2 Å². The SMILES string of the molecule is CNC(=O)[C@@H](Cc1ccccc1)N(Cc1ccccc1F)C(=O)Cc1ccccc1C. The Morgan fingerprint density at radius 1 is 0.903 bits per heavy atom. The number of halogens is 1. The molecule has 2 amide bonds. The number of hydrogen-bond donors (Lipinski definition) is 1. The van der Waals surface area contributed by atoms with Crippen LogP contribution in [-0.4, -0.2) is 29.8 Å². The Hall–Kier alpha value is -3.47. The molecule has 3 aromatic rings. The molecule has 3 rings (SSSR count). The maximum absolute atomic E-state index is 14.4. The molecule has 1 atom stereocenters. The number of nitrogens with one attached hydrogen (secondary N) is 1. The molecule has 0 bridgehead atoms. The zero-order valence-electron chi connectivity index (χ0n) is 17.8. The van der Waals surface area contributed by atoms with E-state index >= 15 is 0 Å². The highest BCUT2D eigenvalue weighted by molar-refractivity contribution is 5.88. The van der Waals surface area contributed by atoms with Crippen molar-refractivity contribution in [2.24, 2.45) is 0 Å². The summed E-state index contributed by atoms with van der Waals surface area (Å²) in [6.07, 6.45) is 0.484. The summed E-state index contributed by atoms with van der Waals surface area (Å²) < 4.78 is 14.4. The van der Waals surface area contributed by atoms with Gasteiger partial charge in [-0.25, -0.2) is 4.39 Å². The second-order valence-corrected chi connectivity index (χ2v) is 7.54. The average Bonchev–Trinajstić information content (AvgIpc) is 2.79. The van der Waals surface area contributed by atoms with E-state index in [0.29, 0.717) is 12.0 Å². The van der Waals surface area contributed by atoms with Gasteiger partial charge in [-0.2, -0.15) is 0 Å². The van der Waals surface area contributed by atoms with Gasteiger partial charge in [0.15, 0.2) is 0 Å². The third kappa shape index (κ3) is 5.79. The third-order valence-corrected chi connectivity index (χ3v) is 5.42. The molecular formula is C26H27FN2O2. The predicted octanol–water partition coefficient (Wildman–Crippen LogP) is 4.06. The molecule has 1 N–H and O–H groups in total. The number of likely N-dealkylation sites (N-methyl/N-ethyl adjacent to an activating group) is 1. The van der Waals surface area contributed by atoms with Crippen molar-refractivity contribution in [2.45, 2.75) is 32.4 Å². The van der Waals surface area contributed by atoms with Crippen molar-refractivity contribution in [2.75, 3.05) is 7.05 Å². The maximum atomic E-state index is 14.4. The van der Waals surface area contributed by atoms with Gasteiger partial charge in [0, 0.05) is 25.6 Å². The van der Waals surface area contributed by atoms with Crippen molar-refractivity contribution in [1.82, 2.24) is 10.2 Å². The molecule has 0 aliphatic carbocycles. The number of benzene rings is 3. The van der Waals surface area contributed by atoms with E-state index in [4.69, 9.17) is 0 Å². The fourth-order valence-corrected chi connectivity index (χ4v) is 3.60. The van der Waals surface area contributed by atoms with Gasteiger partial charge in [0.2, 0.25) is 11.8 Å². The topological polar surface area (TPSA) is 49.4 Å². The Morgan fingerprint density at radius 2 is 1.52 bits per heavy atom. The first kappa shape index (κ1) is 22.2. The van der Waals surface area contributed by atoms with Crippen LogP contribution < -0.4 is 5.32 Å². The fraction of sp³-hybridized carbons (Fsp3) is 0.231. The number of nitrogens with zero attached hydrogens (tertiary/aromatic N) is 1. The Kier molecular flexibility index (Phi) is 7.55. The van der Waals surface area contributed by atoms with Gasteiger partial charge in [0.05, 0.1) is 6.42 Å². The van der Waals surface area contributed by atoms with Crippen molar-refractivity contribution >= 4 is 11.8 Å². The number of carbonyl (C=O) groups is 2. The highest BCUT2D eigenvalue weighted by Crippen LogP contribution is 2.19. The summed E-state index contributed by atoms with van der Waals surface area (Å²) in [5, 5.41) is 2.67. The van der Waals surface area contributed by atoms with Crippen molar-refractivity contribution < 1.29 is 14.0 Å². The van der Waals surface area contributed by atoms with Crippen molar-refractivity contribution in [1.29, 1.82) is 0 Å². The minimum absolute atomic E-state index is 0.0162. The number of amides is 2. The van der Waals surface area contributed by atoms with Crippen molar-refractivity contribution in [3.8, 4) is 0 Å². The summed E-state index contributed by atoms with van der Waals surface area (Å²) in [4.78, 5) is 27.8. The lowest BCUT2D eigenvalue weighted by Crippen LogP contribution is -2.50. The molecule has 0 aliphatic rings. The van der Waals surface area contributed by atoms with Gasteiger partial charge in [0.25, 0.3) is 0 Å². The summed E-state index contributed by atoms with van der Waals surface area (Å²) >= 11 is 0. The maximum Gasteiger partial charge on any atom is 0.242 e. The molecule has 0 fully saturated rings. The number of aryl methyl sites for hydroxylation is 1. The van der Waals surface area contributed by atoms with Gasteiger partial charge in [-0.15, -0.1) is 0 Å². The standard InChI is InChI=1S/C26H27FN2O2/c1-19-10-6-7-13-21(19)17-25(30)29(18-22-14-8-9-15-23(22)27)24(26(31)28-2)16-20-11-4-3-5-12-20/h3-15,24H,16-18H2,1-2H3,(H,28,31)/t24-/m1/s1. The van der Waals surface area contributed by atoms with E-state index in [1.807, 2.05) is 61.5 Å². The average molecular weight is 419 g/mol. The normalized spacial score (nSPS) is 11.6. The minimum Gasteiger partial charge on any atom is -0.357 e. The molecule has 0 aromatic heterocycles.